The van der Waals surface area contributed by atoms with Crippen LogP contribution in [0.2, 0.25) is 0 Å². The molecule has 2 aromatic rings. The van der Waals surface area contributed by atoms with Crippen LogP contribution >= 0.6 is 0 Å². The van der Waals surface area contributed by atoms with E-state index in [1.165, 1.54) is 19.2 Å². The van der Waals surface area contributed by atoms with Crippen molar-refractivity contribution in [3.63, 3.8) is 0 Å². The highest BCUT2D eigenvalue weighted by atomic mass is 19.1. The maximum atomic E-state index is 13.7. The number of halogens is 1. The summed E-state index contributed by atoms with van der Waals surface area (Å²) in [5, 5.41) is 17.6. The number of benzene rings is 2. The highest BCUT2D eigenvalue weighted by molar-refractivity contribution is 5.42. The van der Waals surface area contributed by atoms with Crippen molar-refractivity contribution in [1.29, 1.82) is 10.5 Å². The molecule has 5 heteroatoms. The predicted molar refractivity (Wildman–Crippen MR) is 73.2 cm³/mol. The molecule has 0 saturated carbocycles. The number of rotatable bonds is 4. The molecule has 2 aromatic carbocycles. The van der Waals surface area contributed by atoms with E-state index in [1.54, 1.807) is 18.2 Å². The first kappa shape index (κ1) is 14.4. The molecule has 0 atom stereocenters. The lowest BCUT2D eigenvalue weighted by molar-refractivity contribution is 0.282. The first-order valence-electron chi connectivity index (χ1n) is 6.07. The Hall–Kier alpha value is -3.05. The Morgan fingerprint density at radius 3 is 2.19 bits per heavy atom. The Bertz CT molecular complexity index is 745. The van der Waals surface area contributed by atoms with E-state index in [-0.39, 0.29) is 17.9 Å². The average molecular weight is 282 g/mol. The van der Waals surface area contributed by atoms with Crippen molar-refractivity contribution in [3.8, 4) is 23.6 Å². The molecule has 0 fully saturated rings. The van der Waals surface area contributed by atoms with E-state index in [0.717, 1.165) is 6.07 Å². The van der Waals surface area contributed by atoms with E-state index in [4.69, 9.17) is 20.0 Å². The number of hydrogen-bond donors (Lipinski definition) is 0. The van der Waals surface area contributed by atoms with Gasteiger partial charge in [0.05, 0.1) is 30.4 Å². The maximum Gasteiger partial charge on any atom is 0.166 e. The van der Waals surface area contributed by atoms with E-state index < -0.39 is 5.82 Å². The summed E-state index contributed by atoms with van der Waals surface area (Å²) < 4.78 is 24.3. The normalized spacial score (nSPS) is 9.52. The molecule has 0 aromatic heterocycles. The van der Waals surface area contributed by atoms with Crippen molar-refractivity contribution in [1.82, 2.24) is 0 Å². The number of ether oxygens (including phenoxy) is 2. The summed E-state index contributed by atoms with van der Waals surface area (Å²) in [6.07, 6.45) is 0. The molecule has 0 spiro atoms. The molecule has 21 heavy (non-hydrogen) atoms. The Labute approximate surface area is 121 Å². The lowest BCUT2D eigenvalue weighted by atomic mass is 10.1. The number of methoxy groups -OCH3 is 1. The zero-order valence-electron chi connectivity index (χ0n) is 11.3. The predicted octanol–water partition coefficient (Wildman–Crippen LogP) is 3.16. The van der Waals surface area contributed by atoms with E-state index in [2.05, 4.69) is 0 Å². The van der Waals surface area contributed by atoms with Gasteiger partial charge in [-0.15, -0.1) is 0 Å². The van der Waals surface area contributed by atoms with Crippen LogP contribution in [0.1, 0.15) is 16.7 Å². The maximum absolute atomic E-state index is 13.7. The zero-order valence-corrected chi connectivity index (χ0v) is 11.3. The Balaban J connectivity index is 2.20. The molecule has 4 nitrogen and oxygen atoms in total. The van der Waals surface area contributed by atoms with Crippen LogP contribution < -0.4 is 9.47 Å². The van der Waals surface area contributed by atoms with Crippen molar-refractivity contribution in [3.05, 3.63) is 58.9 Å². The smallest absolute Gasteiger partial charge is 0.166 e. The van der Waals surface area contributed by atoms with Gasteiger partial charge < -0.3 is 9.47 Å². The molecular weight excluding hydrogens is 271 g/mol. The summed E-state index contributed by atoms with van der Waals surface area (Å²) in [6.45, 7) is 0.0571. The summed E-state index contributed by atoms with van der Waals surface area (Å²) >= 11 is 0. The zero-order chi connectivity index (χ0) is 15.2. The first-order chi connectivity index (χ1) is 10.2. The van der Waals surface area contributed by atoms with Gasteiger partial charge in [-0.3, -0.25) is 0 Å². The lowest BCUT2D eigenvalue weighted by Crippen LogP contribution is -2.01. The summed E-state index contributed by atoms with van der Waals surface area (Å²) in [5.41, 5.74) is 1.33. The Morgan fingerprint density at radius 2 is 1.62 bits per heavy atom. The fraction of sp³-hybridized carbons (Fsp3) is 0.125. The van der Waals surface area contributed by atoms with Crippen LogP contribution in [-0.2, 0) is 6.61 Å². The average Bonchev–Trinajstić information content (AvgIpc) is 2.53. The SMILES string of the molecule is COc1ccc(C#N)cc1COc1ccc(C#N)cc1F. The standard InChI is InChI=1S/C16H11FN2O2/c1-20-15-4-2-11(8-18)6-13(15)10-21-16-5-3-12(9-19)7-14(16)17/h2-7H,10H2,1H3. The quantitative estimate of drug-likeness (QED) is 0.864. The third-order valence-corrected chi connectivity index (χ3v) is 2.85. The fourth-order valence-corrected chi connectivity index (χ4v) is 1.80. The van der Waals surface area contributed by atoms with Crippen molar-refractivity contribution < 1.29 is 13.9 Å². The monoisotopic (exact) mass is 282 g/mol. The van der Waals surface area contributed by atoms with E-state index >= 15 is 0 Å². The number of nitriles is 2. The molecule has 0 aliphatic carbocycles. The third-order valence-electron chi connectivity index (χ3n) is 2.85. The first-order valence-corrected chi connectivity index (χ1v) is 6.07. The molecule has 0 heterocycles. The van der Waals surface area contributed by atoms with Crippen LogP contribution in [0.5, 0.6) is 11.5 Å². The van der Waals surface area contributed by atoms with Crippen molar-refractivity contribution >= 4 is 0 Å². The van der Waals surface area contributed by atoms with Crippen LogP contribution in [0.25, 0.3) is 0 Å². The van der Waals surface area contributed by atoms with Crippen LogP contribution in [-0.4, -0.2) is 7.11 Å². The Kier molecular flexibility index (Phi) is 4.38. The fourth-order valence-electron chi connectivity index (χ4n) is 1.80. The van der Waals surface area contributed by atoms with Crippen molar-refractivity contribution in [2.24, 2.45) is 0 Å². The molecule has 0 saturated heterocycles. The van der Waals surface area contributed by atoms with Gasteiger partial charge in [-0.1, -0.05) is 0 Å². The van der Waals surface area contributed by atoms with Crippen molar-refractivity contribution in [2.45, 2.75) is 6.61 Å². The third kappa shape index (κ3) is 3.29. The van der Waals surface area contributed by atoms with Crippen LogP contribution in [0, 0.1) is 28.5 Å². The second-order valence-corrected chi connectivity index (χ2v) is 4.18. The van der Waals surface area contributed by atoms with Gasteiger partial charge in [0, 0.05) is 5.56 Å². The van der Waals surface area contributed by atoms with Crippen LogP contribution in [0.3, 0.4) is 0 Å². The van der Waals surface area contributed by atoms with E-state index in [9.17, 15) is 4.39 Å². The molecule has 0 aliphatic heterocycles. The minimum absolute atomic E-state index is 0.0402. The Morgan fingerprint density at radius 1 is 1.00 bits per heavy atom. The van der Waals surface area contributed by atoms with Gasteiger partial charge in [0.2, 0.25) is 0 Å². The molecule has 0 amide bonds. The van der Waals surface area contributed by atoms with Gasteiger partial charge in [-0.2, -0.15) is 10.5 Å². The molecular formula is C16H11FN2O2. The molecule has 0 bridgehead atoms. The molecule has 0 radical (unpaired) electrons. The largest absolute Gasteiger partial charge is 0.496 e. The van der Waals surface area contributed by atoms with Gasteiger partial charge >= 0.3 is 0 Å². The van der Waals surface area contributed by atoms with Gasteiger partial charge in [0.15, 0.2) is 11.6 Å². The second-order valence-electron chi connectivity index (χ2n) is 4.18. The summed E-state index contributed by atoms with van der Waals surface area (Å²) in [4.78, 5) is 0. The minimum atomic E-state index is -0.607. The van der Waals surface area contributed by atoms with Gasteiger partial charge in [0.1, 0.15) is 12.4 Å². The molecule has 104 valence electrons. The highest BCUT2D eigenvalue weighted by Gasteiger charge is 2.09. The van der Waals surface area contributed by atoms with Crippen LogP contribution in [0.4, 0.5) is 4.39 Å². The highest BCUT2D eigenvalue weighted by Crippen LogP contribution is 2.24. The minimum Gasteiger partial charge on any atom is -0.496 e. The van der Waals surface area contributed by atoms with Gasteiger partial charge in [0.25, 0.3) is 0 Å². The molecule has 0 unspecified atom stereocenters. The topological polar surface area (TPSA) is 66.0 Å². The molecule has 2 rings (SSSR count). The number of hydrogen-bond acceptors (Lipinski definition) is 4. The van der Waals surface area contributed by atoms with Crippen LogP contribution in [0.15, 0.2) is 36.4 Å². The summed E-state index contributed by atoms with van der Waals surface area (Å²) in [7, 11) is 1.51. The lowest BCUT2D eigenvalue weighted by Gasteiger charge is -2.11. The molecule has 0 N–H and O–H groups in total. The second kappa shape index (κ2) is 6.40. The van der Waals surface area contributed by atoms with Gasteiger partial charge in [-0.25, -0.2) is 4.39 Å². The van der Waals surface area contributed by atoms with E-state index in [1.807, 2.05) is 12.1 Å². The van der Waals surface area contributed by atoms with Gasteiger partial charge in [-0.05, 0) is 36.4 Å². The summed E-state index contributed by atoms with van der Waals surface area (Å²) in [6, 6.07) is 12.8. The van der Waals surface area contributed by atoms with Crippen molar-refractivity contribution in [2.75, 3.05) is 7.11 Å². The molecule has 0 aliphatic rings. The van der Waals surface area contributed by atoms with E-state index in [0.29, 0.717) is 16.9 Å². The summed E-state index contributed by atoms with van der Waals surface area (Å²) in [5.74, 6) is -0.00841. The number of nitrogens with zero attached hydrogens (tertiary/aromatic N) is 2.